The van der Waals surface area contributed by atoms with Gasteiger partial charge in [0.2, 0.25) is 5.89 Å². The zero-order valence-electron chi connectivity index (χ0n) is 11.4. The van der Waals surface area contributed by atoms with Crippen LogP contribution in [-0.2, 0) is 16.1 Å². The van der Waals surface area contributed by atoms with Crippen LogP contribution in [0.4, 0.5) is 0 Å². The molecule has 1 saturated heterocycles. The SMILES string of the molecule is Cc1nc(CN2CCC(OCC(=O)O)CC2)oc1C. The lowest BCUT2D eigenvalue weighted by molar-refractivity contribution is -0.145. The van der Waals surface area contributed by atoms with Crippen molar-refractivity contribution < 1.29 is 19.1 Å². The number of oxazole rings is 1. The molecule has 19 heavy (non-hydrogen) atoms. The standard InChI is InChI=1S/C13H20N2O4/c1-9-10(2)19-12(14-9)7-15-5-3-11(4-6-15)18-8-13(16)17/h11H,3-8H2,1-2H3,(H,16,17). The van der Waals surface area contributed by atoms with Crippen molar-refractivity contribution in [2.24, 2.45) is 0 Å². The quantitative estimate of drug-likeness (QED) is 0.869. The van der Waals surface area contributed by atoms with Crippen molar-refractivity contribution in [2.75, 3.05) is 19.7 Å². The average Bonchev–Trinajstić information content (AvgIpc) is 2.67. The van der Waals surface area contributed by atoms with Crippen LogP contribution >= 0.6 is 0 Å². The van der Waals surface area contributed by atoms with Gasteiger partial charge >= 0.3 is 5.97 Å². The maximum Gasteiger partial charge on any atom is 0.329 e. The van der Waals surface area contributed by atoms with Crippen molar-refractivity contribution in [3.63, 3.8) is 0 Å². The topological polar surface area (TPSA) is 75.8 Å². The zero-order chi connectivity index (χ0) is 13.8. The lowest BCUT2D eigenvalue weighted by atomic mass is 10.1. The van der Waals surface area contributed by atoms with E-state index in [9.17, 15) is 4.79 Å². The van der Waals surface area contributed by atoms with Crippen LogP contribution in [0.3, 0.4) is 0 Å². The summed E-state index contributed by atoms with van der Waals surface area (Å²) in [7, 11) is 0. The first kappa shape index (κ1) is 14.0. The van der Waals surface area contributed by atoms with Crippen molar-refractivity contribution in [1.29, 1.82) is 0 Å². The van der Waals surface area contributed by atoms with E-state index in [1.165, 1.54) is 0 Å². The number of aryl methyl sites for hydroxylation is 2. The lowest BCUT2D eigenvalue weighted by Gasteiger charge is -2.30. The van der Waals surface area contributed by atoms with Gasteiger partial charge in [0.05, 0.1) is 18.3 Å². The molecule has 0 saturated carbocycles. The number of rotatable bonds is 5. The largest absolute Gasteiger partial charge is 0.480 e. The van der Waals surface area contributed by atoms with E-state index in [1.54, 1.807) is 0 Å². The molecular weight excluding hydrogens is 248 g/mol. The Hall–Kier alpha value is -1.40. The van der Waals surface area contributed by atoms with Gasteiger partial charge in [0.25, 0.3) is 0 Å². The summed E-state index contributed by atoms with van der Waals surface area (Å²) < 4.78 is 10.9. The summed E-state index contributed by atoms with van der Waals surface area (Å²) >= 11 is 0. The van der Waals surface area contributed by atoms with Crippen molar-refractivity contribution in [1.82, 2.24) is 9.88 Å². The van der Waals surface area contributed by atoms with Crippen LogP contribution in [0.1, 0.15) is 30.2 Å². The smallest absolute Gasteiger partial charge is 0.329 e. The number of likely N-dealkylation sites (tertiary alicyclic amines) is 1. The fourth-order valence-electron chi connectivity index (χ4n) is 2.22. The van der Waals surface area contributed by atoms with E-state index in [1.807, 2.05) is 13.8 Å². The van der Waals surface area contributed by atoms with E-state index in [4.69, 9.17) is 14.3 Å². The van der Waals surface area contributed by atoms with Crippen molar-refractivity contribution in [3.8, 4) is 0 Å². The Morgan fingerprint density at radius 2 is 2.16 bits per heavy atom. The fraction of sp³-hybridized carbons (Fsp3) is 0.692. The molecule has 0 spiro atoms. The zero-order valence-corrected chi connectivity index (χ0v) is 11.4. The second-order valence-corrected chi connectivity index (χ2v) is 4.93. The molecule has 0 aromatic carbocycles. The minimum atomic E-state index is -0.909. The molecule has 0 radical (unpaired) electrons. The molecule has 1 aliphatic heterocycles. The van der Waals surface area contributed by atoms with Crippen LogP contribution in [0, 0.1) is 13.8 Å². The predicted octanol–water partition coefficient (Wildman–Crippen LogP) is 1.36. The van der Waals surface area contributed by atoms with Crippen LogP contribution in [0.2, 0.25) is 0 Å². The third kappa shape index (κ3) is 4.04. The number of piperidine rings is 1. The van der Waals surface area contributed by atoms with Crippen LogP contribution in [0.25, 0.3) is 0 Å². The molecule has 0 aliphatic carbocycles. The molecule has 0 bridgehead atoms. The van der Waals surface area contributed by atoms with Crippen LogP contribution in [0.15, 0.2) is 4.42 Å². The number of carbonyl (C=O) groups is 1. The summed E-state index contributed by atoms with van der Waals surface area (Å²) in [5, 5.41) is 8.56. The summed E-state index contributed by atoms with van der Waals surface area (Å²) in [6.45, 7) is 6.12. The molecule has 1 N–H and O–H groups in total. The Bertz CT molecular complexity index is 416. The van der Waals surface area contributed by atoms with Gasteiger partial charge in [-0.05, 0) is 26.7 Å². The Labute approximate surface area is 112 Å². The molecule has 2 heterocycles. The van der Waals surface area contributed by atoms with Crippen molar-refractivity contribution >= 4 is 5.97 Å². The van der Waals surface area contributed by atoms with Gasteiger partial charge in [-0.3, -0.25) is 4.90 Å². The molecule has 6 heteroatoms. The molecule has 1 aromatic heterocycles. The highest BCUT2D eigenvalue weighted by molar-refractivity contribution is 5.68. The number of hydrogen-bond donors (Lipinski definition) is 1. The van der Waals surface area contributed by atoms with Crippen molar-refractivity contribution in [2.45, 2.75) is 39.3 Å². The normalized spacial score (nSPS) is 17.8. The van der Waals surface area contributed by atoms with Crippen LogP contribution in [-0.4, -0.2) is 46.8 Å². The molecule has 1 aromatic rings. The second kappa shape index (κ2) is 6.16. The number of carboxylic acid groups (broad SMARTS) is 1. The summed E-state index contributed by atoms with van der Waals surface area (Å²) in [5.74, 6) is 0.711. The molecule has 106 valence electrons. The van der Waals surface area contributed by atoms with Crippen LogP contribution in [0.5, 0.6) is 0 Å². The van der Waals surface area contributed by atoms with Gasteiger partial charge in [0, 0.05) is 13.1 Å². The van der Waals surface area contributed by atoms with E-state index in [-0.39, 0.29) is 12.7 Å². The molecule has 1 fully saturated rings. The summed E-state index contributed by atoms with van der Waals surface area (Å²) in [6.07, 6.45) is 1.76. The first-order chi connectivity index (χ1) is 9.04. The van der Waals surface area contributed by atoms with Gasteiger partial charge in [0.15, 0.2) is 0 Å². The van der Waals surface area contributed by atoms with E-state index in [2.05, 4.69) is 9.88 Å². The maximum absolute atomic E-state index is 10.4. The highest BCUT2D eigenvalue weighted by atomic mass is 16.5. The summed E-state index contributed by atoms with van der Waals surface area (Å²) in [4.78, 5) is 17.0. The highest BCUT2D eigenvalue weighted by Crippen LogP contribution is 2.17. The van der Waals surface area contributed by atoms with Gasteiger partial charge in [-0.2, -0.15) is 0 Å². The minimum Gasteiger partial charge on any atom is -0.480 e. The average molecular weight is 268 g/mol. The fourth-order valence-corrected chi connectivity index (χ4v) is 2.22. The highest BCUT2D eigenvalue weighted by Gasteiger charge is 2.21. The Morgan fingerprint density at radius 1 is 1.47 bits per heavy atom. The molecular formula is C13H20N2O4. The monoisotopic (exact) mass is 268 g/mol. The van der Waals surface area contributed by atoms with Gasteiger partial charge in [-0.15, -0.1) is 0 Å². The summed E-state index contributed by atoms with van der Waals surface area (Å²) in [5.41, 5.74) is 0.940. The summed E-state index contributed by atoms with van der Waals surface area (Å²) in [6, 6.07) is 0. The van der Waals surface area contributed by atoms with Crippen molar-refractivity contribution in [3.05, 3.63) is 17.3 Å². The Balaban J connectivity index is 1.75. The Kier molecular flexibility index (Phi) is 4.55. The maximum atomic E-state index is 10.4. The molecule has 0 atom stereocenters. The number of ether oxygens (including phenoxy) is 1. The first-order valence-corrected chi connectivity index (χ1v) is 6.53. The van der Waals surface area contributed by atoms with Gasteiger partial charge in [-0.25, -0.2) is 9.78 Å². The number of nitrogens with zero attached hydrogens (tertiary/aromatic N) is 2. The minimum absolute atomic E-state index is 0.0559. The van der Waals surface area contributed by atoms with Gasteiger partial charge < -0.3 is 14.3 Å². The van der Waals surface area contributed by atoms with Gasteiger partial charge in [0.1, 0.15) is 12.4 Å². The molecule has 6 nitrogen and oxygen atoms in total. The van der Waals surface area contributed by atoms with Crippen LogP contribution < -0.4 is 0 Å². The first-order valence-electron chi connectivity index (χ1n) is 6.53. The van der Waals surface area contributed by atoms with Gasteiger partial charge in [-0.1, -0.05) is 0 Å². The number of hydrogen-bond acceptors (Lipinski definition) is 5. The third-order valence-corrected chi connectivity index (χ3v) is 3.41. The Morgan fingerprint density at radius 3 is 2.68 bits per heavy atom. The second-order valence-electron chi connectivity index (χ2n) is 4.93. The lowest BCUT2D eigenvalue weighted by Crippen LogP contribution is -2.37. The molecule has 1 aliphatic rings. The molecule has 0 unspecified atom stereocenters. The molecule has 0 amide bonds. The number of aromatic nitrogens is 1. The van der Waals surface area contributed by atoms with E-state index < -0.39 is 5.97 Å². The van der Waals surface area contributed by atoms with E-state index in [0.717, 1.165) is 43.3 Å². The van der Waals surface area contributed by atoms with E-state index >= 15 is 0 Å². The number of carboxylic acids is 1. The van der Waals surface area contributed by atoms with E-state index in [0.29, 0.717) is 6.54 Å². The number of aliphatic carboxylic acids is 1. The molecule has 2 rings (SSSR count). The third-order valence-electron chi connectivity index (χ3n) is 3.41. The predicted molar refractivity (Wildman–Crippen MR) is 67.9 cm³/mol.